The number of aryl methyl sites for hydroxylation is 1. The van der Waals surface area contributed by atoms with Crippen molar-refractivity contribution in [3.05, 3.63) is 92.8 Å². The Balaban J connectivity index is 2.20. The summed E-state index contributed by atoms with van der Waals surface area (Å²) in [5, 5.41) is 14.1. The molecule has 0 amide bonds. The highest BCUT2D eigenvalue weighted by molar-refractivity contribution is 6.08. The number of ketones is 1. The second kappa shape index (κ2) is 7.35. The highest BCUT2D eigenvalue weighted by atomic mass is 16.6. The molecule has 0 aliphatic rings. The molecule has 2 aromatic carbocycles. The van der Waals surface area contributed by atoms with Crippen LogP contribution in [0.2, 0.25) is 0 Å². The highest BCUT2D eigenvalue weighted by Gasteiger charge is 2.25. The van der Waals surface area contributed by atoms with Crippen LogP contribution < -0.4 is 5.32 Å². The fourth-order valence-electron chi connectivity index (χ4n) is 2.20. The first-order chi connectivity index (χ1) is 11.0. The lowest BCUT2D eigenvalue weighted by atomic mass is 9.99. The molecule has 2 aromatic rings. The van der Waals surface area contributed by atoms with E-state index in [1.54, 1.807) is 19.1 Å². The Labute approximate surface area is 134 Å². The van der Waals surface area contributed by atoms with Gasteiger partial charge >= 0.3 is 5.70 Å². The van der Waals surface area contributed by atoms with Crippen LogP contribution >= 0.6 is 0 Å². The van der Waals surface area contributed by atoms with Crippen molar-refractivity contribution in [1.29, 1.82) is 0 Å². The SMILES string of the molecule is Cc1cccc(C(=O)/C(=C/NCc2ccccc2)[N+](=O)[O-])c1C. The number of nitro groups is 1. The summed E-state index contributed by atoms with van der Waals surface area (Å²) < 4.78 is 0. The first-order valence-corrected chi connectivity index (χ1v) is 7.23. The number of Topliss-reactive ketones (excluding diaryl/α,β-unsaturated/α-hetero) is 1. The summed E-state index contributed by atoms with van der Waals surface area (Å²) in [5.41, 5.74) is 2.55. The predicted octanol–water partition coefficient (Wildman–Crippen LogP) is 3.39. The van der Waals surface area contributed by atoms with Gasteiger partial charge in [0.2, 0.25) is 0 Å². The van der Waals surface area contributed by atoms with E-state index in [0.29, 0.717) is 12.1 Å². The van der Waals surface area contributed by atoms with Gasteiger partial charge in [-0.15, -0.1) is 0 Å². The lowest BCUT2D eigenvalue weighted by Gasteiger charge is -2.06. The van der Waals surface area contributed by atoms with Crippen LogP contribution in [0.3, 0.4) is 0 Å². The van der Waals surface area contributed by atoms with Crippen LogP contribution in [0.1, 0.15) is 27.0 Å². The smallest absolute Gasteiger partial charge is 0.332 e. The molecule has 0 aromatic heterocycles. The van der Waals surface area contributed by atoms with Crippen molar-refractivity contribution in [1.82, 2.24) is 5.32 Å². The van der Waals surface area contributed by atoms with Gasteiger partial charge in [-0.3, -0.25) is 14.9 Å². The topological polar surface area (TPSA) is 72.2 Å². The van der Waals surface area contributed by atoms with E-state index in [1.165, 1.54) is 6.20 Å². The molecule has 118 valence electrons. The number of carbonyl (C=O) groups is 1. The van der Waals surface area contributed by atoms with Crippen molar-refractivity contribution in [3.8, 4) is 0 Å². The Morgan fingerprint density at radius 2 is 1.83 bits per heavy atom. The van der Waals surface area contributed by atoms with Gasteiger partial charge in [-0.05, 0) is 30.5 Å². The van der Waals surface area contributed by atoms with Gasteiger partial charge in [-0.25, -0.2) is 0 Å². The molecule has 23 heavy (non-hydrogen) atoms. The van der Waals surface area contributed by atoms with E-state index in [-0.39, 0.29) is 0 Å². The molecule has 0 saturated carbocycles. The molecule has 0 aliphatic carbocycles. The molecule has 0 aliphatic heterocycles. The zero-order valence-corrected chi connectivity index (χ0v) is 13.1. The number of rotatable bonds is 6. The van der Waals surface area contributed by atoms with Gasteiger partial charge in [-0.2, -0.15) is 0 Å². The Hall–Kier alpha value is -2.95. The third-order valence-corrected chi connectivity index (χ3v) is 3.67. The van der Waals surface area contributed by atoms with Gasteiger partial charge in [0.05, 0.1) is 11.1 Å². The largest absolute Gasteiger partial charge is 0.381 e. The maximum atomic E-state index is 12.5. The molecular formula is C18H18N2O3. The molecule has 0 unspecified atom stereocenters. The van der Waals surface area contributed by atoms with Crippen molar-refractivity contribution in [3.63, 3.8) is 0 Å². The van der Waals surface area contributed by atoms with Gasteiger partial charge < -0.3 is 5.32 Å². The molecule has 2 rings (SSSR count). The van der Waals surface area contributed by atoms with Gasteiger partial charge in [-0.1, -0.05) is 48.5 Å². The lowest BCUT2D eigenvalue weighted by molar-refractivity contribution is -0.417. The third-order valence-electron chi connectivity index (χ3n) is 3.67. The van der Waals surface area contributed by atoms with Crippen molar-refractivity contribution >= 4 is 5.78 Å². The molecule has 0 radical (unpaired) electrons. The second-order valence-electron chi connectivity index (χ2n) is 5.23. The summed E-state index contributed by atoms with van der Waals surface area (Å²) in [4.78, 5) is 23.0. The standard InChI is InChI=1S/C18H18N2O3/c1-13-7-6-10-16(14(13)2)18(21)17(20(22)23)12-19-11-15-8-4-3-5-9-15/h3-10,12,19H,11H2,1-2H3/b17-12-. The number of benzene rings is 2. The first kappa shape index (κ1) is 16.4. The lowest BCUT2D eigenvalue weighted by Crippen LogP contribution is -2.17. The summed E-state index contributed by atoms with van der Waals surface area (Å²) in [6.07, 6.45) is 1.18. The van der Waals surface area contributed by atoms with Crippen LogP contribution in [-0.4, -0.2) is 10.7 Å². The summed E-state index contributed by atoms with van der Waals surface area (Å²) in [5.74, 6) is -0.586. The van der Waals surface area contributed by atoms with Crippen molar-refractivity contribution in [2.24, 2.45) is 0 Å². The molecule has 0 bridgehead atoms. The van der Waals surface area contributed by atoms with Crippen LogP contribution in [0.5, 0.6) is 0 Å². The molecule has 0 heterocycles. The minimum Gasteiger partial charge on any atom is -0.381 e. The van der Waals surface area contributed by atoms with Gasteiger partial charge in [0, 0.05) is 12.1 Å². The average Bonchev–Trinajstić information content (AvgIpc) is 2.54. The fraction of sp³-hybridized carbons (Fsp3) is 0.167. The van der Waals surface area contributed by atoms with E-state index in [1.807, 2.05) is 43.3 Å². The quantitative estimate of drug-likeness (QED) is 0.384. The van der Waals surface area contributed by atoms with Gasteiger partial charge in [0.1, 0.15) is 0 Å². The molecule has 0 fully saturated rings. The third kappa shape index (κ3) is 4.03. The first-order valence-electron chi connectivity index (χ1n) is 7.23. The molecule has 1 N–H and O–H groups in total. The van der Waals surface area contributed by atoms with E-state index < -0.39 is 16.4 Å². The molecule has 5 nitrogen and oxygen atoms in total. The monoisotopic (exact) mass is 310 g/mol. The van der Waals surface area contributed by atoms with Gasteiger partial charge in [0.15, 0.2) is 0 Å². The Kier molecular flexibility index (Phi) is 5.25. The maximum Gasteiger partial charge on any atom is 0.332 e. The van der Waals surface area contributed by atoms with Crippen molar-refractivity contribution in [2.75, 3.05) is 0 Å². The maximum absolute atomic E-state index is 12.5. The number of nitrogens with one attached hydrogen (secondary N) is 1. The minimum atomic E-state index is -0.651. The van der Waals surface area contributed by atoms with E-state index >= 15 is 0 Å². The normalized spacial score (nSPS) is 11.1. The van der Waals surface area contributed by atoms with Crippen LogP contribution in [0.4, 0.5) is 0 Å². The zero-order chi connectivity index (χ0) is 16.8. The number of allylic oxidation sites excluding steroid dienone is 1. The van der Waals surface area contributed by atoms with Gasteiger partial charge in [0.25, 0.3) is 5.78 Å². The van der Waals surface area contributed by atoms with E-state index in [2.05, 4.69) is 5.32 Å². The Morgan fingerprint density at radius 1 is 1.13 bits per heavy atom. The molecule has 0 spiro atoms. The van der Waals surface area contributed by atoms with Crippen molar-refractivity contribution in [2.45, 2.75) is 20.4 Å². The molecule has 0 saturated heterocycles. The molecule has 0 atom stereocenters. The summed E-state index contributed by atoms with van der Waals surface area (Å²) in [6.45, 7) is 4.07. The van der Waals surface area contributed by atoms with E-state index in [0.717, 1.165) is 16.7 Å². The van der Waals surface area contributed by atoms with Crippen LogP contribution in [0.25, 0.3) is 0 Å². The number of hydrogen-bond acceptors (Lipinski definition) is 4. The van der Waals surface area contributed by atoms with Crippen LogP contribution in [-0.2, 0) is 6.54 Å². The Morgan fingerprint density at radius 3 is 2.48 bits per heavy atom. The average molecular weight is 310 g/mol. The van der Waals surface area contributed by atoms with Crippen molar-refractivity contribution < 1.29 is 9.72 Å². The summed E-state index contributed by atoms with van der Waals surface area (Å²) in [7, 11) is 0. The predicted molar refractivity (Wildman–Crippen MR) is 88.6 cm³/mol. The highest BCUT2D eigenvalue weighted by Crippen LogP contribution is 2.17. The second-order valence-corrected chi connectivity index (χ2v) is 5.23. The molecule has 5 heteroatoms. The van der Waals surface area contributed by atoms with E-state index in [9.17, 15) is 14.9 Å². The minimum absolute atomic E-state index is 0.356. The summed E-state index contributed by atoms with van der Waals surface area (Å²) >= 11 is 0. The summed E-state index contributed by atoms with van der Waals surface area (Å²) in [6, 6.07) is 14.7. The number of carbonyl (C=O) groups excluding carboxylic acids is 1. The fourth-order valence-corrected chi connectivity index (χ4v) is 2.20. The molecular weight excluding hydrogens is 292 g/mol. The van der Waals surface area contributed by atoms with Crippen LogP contribution in [0, 0.1) is 24.0 Å². The zero-order valence-electron chi connectivity index (χ0n) is 13.1. The Bertz CT molecular complexity index is 752. The number of nitrogens with zero attached hydrogens (tertiary/aromatic N) is 1. The van der Waals surface area contributed by atoms with E-state index in [4.69, 9.17) is 0 Å². The number of hydrogen-bond donors (Lipinski definition) is 1. The van der Waals surface area contributed by atoms with Crippen LogP contribution in [0.15, 0.2) is 60.4 Å².